The standard InChI is InChI=1S/C68H123N2O7P/c1-7-10-13-16-19-22-25-28-30-31-32-33-34-35-36-37-38-39-41-43-46-49-52-55-58-61-68(72)77-66(59-56-53-50-47-44-27-24-21-18-15-12-9-3)65(64-76-78(73,74)75-63-62-70(4,5)6)69-67(71)60-57-54-51-48-45-42-40-29-26-23-20-17-14-11-8-2/h11,14,17,19-20,22-23,26,28,30,32-33,56,59,65-66H,7-10,12-13,15-16,18,21,24-25,27,29,31,34-55,57-58,60-64H2,1-6H3,(H-,69,71,73,74)/p+1/b14-11+,20-17+,22-19-,26-23+,30-28-,33-32-,59-56-. The Hall–Kier alpha value is -2.81. The number of carbonyl (C=O) groups excluding carboxylic acids is 2. The first-order valence-electron chi connectivity index (χ1n) is 32.4. The fourth-order valence-corrected chi connectivity index (χ4v) is 9.86. The van der Waals surface area contributed by atoms with Crippen LogP contribution in [-0.4, -0.2) is 74.3 Å². The Kier molecular flexibility index (Phi) is 55.4. The van der Waals surface area contributed by atoms with Crippen molar-refractivity contribution in [3.63, 3.8) is 0 Å². The van der Waals surface area contributed by atoms with E-state index in [2.05, 4.69) is 99.0 Å². The summed E-state index contributed by atoms with van der Waals surface area (Å²) in [6.07, 6.45) is 75.8. The molecule has 0 bridgehead atoms. The Labute approximate surface area is 482 Å². The summed E-state index contributed by atoms with van der Waals surface area (Å²) in [7, 11) is 1.48. The number of hydrogen-bond acceptors (Lipinski definition) is 6. The molecule has 0 radical (unpaired) electrons. The summed E-state index contributed by atoms with van der Waals surface area (Å²) < 4.78 is 30.7. The lowest BCUT2D eigenvalue weighted by molar-refractivity contribution is -0.870. The molecule has 0 aromatic rings. The van der Waals surface area contributed by atoms with E-state index in [1.54, 1.807) is 0 Å². The number of nitrogens with one attached hydrogen (secondary N) is 1. The minimum absolute atomic E-state index is 0.0346. The number of allylic oxidation sites excluding steroid dienone is 13. The lowest BCUT2D eigenvalue weighted by Crippen LogP contribution is -2.47. The molecule has 0 aromatic heterocycles. The molecule has 2 N–H and O–H groups in total. The van der Waals surface area contributed by atoms with E-state index in [0.717, 1.165) is 89.9 Å². The zero-order chi connectivity index (χ0) is 57.2. The number of carbonyl (C=O) groups is 2. The summed E-state index contributed by atoms with van der Waals surface area (Å²) in [6, 6.07) is -0.859. The number of hydrogen-bond donors (Lipinski definition) is 2. The van der Waals surface area contributed by atoms with Crippen molar-refractivity contribution in [1.29, 1.82) is 0 Å². The number of amides is 1. The fraction of sp³-hybridized carbons (Fsp3) is 0.765. The second-order valence-electron chi connectivity index (χ2n) is 23.0. The predicted octanol–water partition coefficient (Wildman–Crippen LogP) is 20.2. The second-order valence-corrected chi connectivity index (χ2v) is 24.4. The molecule has 0 aromatic carbocycles. The molecular formula is C68H124N2O7P+. The van der Waals surface area contributed by atoms with Crippen molar-refractivity contribution in [3.8, 4) is 0 Å². The van der Waals surface area contributed by atoms with Crippen LogP contribution in [0.1, 0.15) is 284 Å². The van der Waals surface area contributed by atoms with E-state index in [4.69, 9.17) is 13.8 Å². The van der Waals surface area contributed by atoms with E-state index in [1.165, 1.54) is 161 Å². The molecule has 9 nitrogen and oxygen atoms in total. The van der Waals surface area contributed by atoms with Gasteiger partial charge in [0.25, 0.3) is 0 Å². The lowest BCUT2D eigenvalue weighted by Gasteiger charge is -2.27. The monoisotopic (exact) mass is 1110 g/mol. The molecule has 0 spiro atoms. The van der Waals surface area contributed by atoms with Crippen LogP contribution in [0.15, 0.2) is 85.1 Å². The number of phosphoric ester groups is 1. The molecule has 3 atom stereocenters. The van der Waals surface area contributed by atoms with Gasteiger partial charge >= 0.3 is 13.8 Å². The van der Waals surface area contributed by atoms with Crippen molar-refractivity contribution in [2.75, 3.05) is 40.9 Å². The molecule has 10 heteroatoms. The highest BCUT2D eigenvalue weighted by Crippen LogP contribution is 2.43. The summed E-state index contributed by atoms with van der Waals surface area (Å²) in [5, 5.41) is 3.05. The molecule has 0 fully saturated rings. The number of phosphoric acid groups is 1. The van der Waals surface area contributed by atoms with Crippen molar-refractivity contribution < 1.29 is 37.3 Å². The summed E-state index contributed by atoms with van der Waals surface area (Å²) >= 11 is 0. The minimum Gasteiger partial charge on any atom is -0.456 e. The van der Waals surface area contributed by atoms with Crippen LogP contribution in [0, 0.1) is 0 Å². The Morgan fingerprint density at radius 3 is 1.36 bits per heavy atom. The number of esters is 1. The Bertz CT molecular complexity index is 1610. The molecule has 0 aliphatic carbocycles. The van der Waals surface area contributed by atoms with Crippen molar-refractivity contribution in [2.24, 2.45) is 0 Å². The van der Waals surface area contributed by atoms with Crippen LogP contribution < -0.4 is 5.32 Å². The molecule has 1 amide bonds. The molecule has 0 saturated carbocycles. The first-order chi connectivity index (χ1) is 37.9. The first kappa shape index (κ1) is 75.2. The zero-order valence-electron chi connectivity index (χ0n) is 51.6. The smallest absolute Gasteiger partial charge is 0.456 e. The predicted molar refractivity (Wildman–Crippen MR) is 337 cm³/mol. The van der Waals surface area contributed by atoms with Gasteiger partial charge in [-0.05, 0) is 89.5 Å². The highest BCUT2D eigenvalue weighted by Gasteiger charge is 2.30. The average molecular weight is 1110 g/mol. The number of ether oxygens (including phenoxy) is 1. The van der Waals surface area contributed by atoms with Crippen molar-refractivity contribution in [2.45, 2.75) is 296 Å². The maximum Gasteiger partial charge on any atom is 0.472 e. The van der Waals surface area contributed by atoms with Crippen LogP contribution in [0.5, 0.6) is 0 Å². The fourth-order valence-electron chi connectivity index (χ4n) is 9.12. The molecule has 452 valence electrons. The van der Waals surface area contributed by atoms with E-state index in [9.17, 15) is 19.0 Å². The molecule has 3 unspecified atom stereocenters. The Balaban J connectivity index is 5.13. The third-order valence-corrected chi connectivity index (χ3v) is 15.1. The van der Waals surface area contributed by atoms with Gasteiger partial charge in [0.05, 0.1) is 33.8 Å². The van der Waals surface area contributed by atoms with E-state index in [1.807, 2.05) is 33.3 Å². The van der Waals surface area contributed by atoms with E-state index in [-0.39, 0.29) is 31.5 Å². The van der Waals surface area contributed by atoms with Crippen LogP contribution in [0.25, 0.3) is 0 Å². The van der Waals surface area contributed by atoms with Crippen molar-refractivity contribution in [3.05, 3.63) is 85.1 Å². The SMILES string of the molecule is CC/C=C/C=C/C=C/CCCCCCCCCC(=O)NC(COP(=O)(O)OCC[N+](C)(C)C)C(/C=C\CCCCCCCCCCCC)OC(=O)CCCCCCCCCCCCCC/C=C\C/C=C\C/C=C\CCCCC. The van der Waals surface area contributed by atoms with Crippen LogP contribution >= 0.6 is 7.82 Å². The van der Waals surface area contributed by atoms with Gasteiger partial charge in [0.2, 0.25) is 5.91 Å². The lowest BCUT2D eigenvalue weighted by atomic mass is 10.0. The second kappa shape index (κ2) is 57.4. The molecule has 0 heterocycles. The van der Waals surface area contributed by atoms with E-state index in [0.29, 0.717) is 17.4 Å². The third-order valence-electron chi connectivity index (χ3n) is 14.1. The number of likely N-dealkylation sites (N-methyl/N-ethyl adjacent to an activating group) is 1. The minimum atomic E-state index is -4.46. The molecule has 0 saturated heterocycles. The summed E-state index contributed by atoms with van der Waals surface area (Å²) in [4.78, 5) is 37.7. The van der Waals surface area contributed by atoms with Gasteiger partial charge in [-0.25, -0.2) is 4.57 Å². The quantitative estimate of drug-likeness (QED) is 0.0156. The molecule has 0 aliphatic heterocycles. The Morgan fingerprint density at radius 1 is 0.474 bits per heavy atom. The Morgan fingerprint density at radius 2 is 0.872 bits per heavy atom. The van der Waals surface area contributed by atoms with Crippen LogP contribution in [-0.2, 0) is 27.9 Å². The van der Waals surface area contributed by atoms with Crippen LogP contribution in [0.3, 0.4) is 0 Å². The maximum atomic E-state index is 13.5. The summed E-state index contributed by atoms with van der Waals surface area (Å²) in [6.45, 7) is 6.85. The number of nitrogens with zero attached hydrogens (tertiary/aromatic N) is 1. The van der Waals surface area contributed by atoms with Crippen LogP contribution in [0.4, 0.5) is 0 Å². The maximum absolute atomic E-state index is 13.5. The zero-order valence-corrected chi connectivity index (χ0v) is 52.5. The number of rotatable bonds is 58. The third kappa shape index (κ3) is 57.9. The average Bonchev–Trinajstić information content (AvgIpc) is 3.40. The molecule has 0 rings (SSSR count). The van der Waals surface area contributed by atoms with Gasteiger partial charge < -0.3 is 19.4 Å². The van der Waals surface area contributed by atoms with Gasteiger partial charge in [0.1, 0.15) is 19.3 Å². The van der Waals surface area contributed by atoms with Gasteiger partial charge in [-0.3, -0.25) is 18.6 Å². The van der Waals surface area contributed by atoms with E-state index >= 15 is 0 Å². The number of unbranched alkanes of at least 4 members (excludes halogenated alkanes) is 32. The van der Waals surface area contributed by atoms with Gasteiger partial charge in [-0.2, -0.15) is 0 Å². The highest BCUT2D eigenvalue weighted by molar-refractivity contribution is 7.47. The van der Waals surface area contributed by atoms with Crippen molar-refractivity contribution in [1.82, 2.24) is 5.32 Å². The van der Waals surface area contributed by atoms with Gasteiger partial charge in [-0.1, -0.05) is 267 Å². The summed E-state index contributed by atoms with van der Waals surface area (Å²) in [5.41, 5.74) is 0. The van der Waals surface area contributed by atoms with Gasteiger partial charge in [0, 0.05) is 12.8 Å². The highest BCUT2D eigenvalue weighted by atomic mass is 31.2. The van der Waals surface area contributed by atoms with E-state index < -0.39 is 20.0 Å². The van der Waals surface area contributed by atoms with Crippen molar-refractivity contribution >= 4 is 19.7 Å². The molecule has 0 aliphatic rings. The van der Waals surface area contributed by atoms with Gasteiger partial charge in [-0.15, -0.1) is 0 Å². The largest absolute Gasteiger partial charge is 0.472 e. The summed E-state index contributed by atoms with van der Waals surface area (Å²) in [5.74, 6) is -0.519. The van der Waals surface area contributed by atoms with Gasteiger partial charge in [0.15, 0.2) is 0 Å². The molecule has 78 heavy (non-hydrogen) atoms. The topological polar surface area (TPSA) is 111 Å². The normalized spacial score (nSPS) is 14.2. The first-order valence-corrected chi connectivity index (χ1v) is 33.9. The molecular weight excluding hydrogens is 988 g/mol. The number of quaternary nitrogens is 1. The van der Waals surface area contributed by atoms with Crippen LogP contribution in [0.2, 0.25) is 0 Å².